The van der Waals surface area contributed by atoms with E-state index in [9.17, 15) is 23.2 Å². The molecule has 1 saturated heterocycles. The van der Waals surface area contributed by atoms with Gasteiger partial charge in [-0.3, -0.25) is 19.3 Å². The van der Waals surface area contributed by atoms with Gasteiger partial charge in [0.25, 0.3) is 17.1 Å². The molecule has 2 aromatic carbocycles. The summed E-state index contributed by atoms with van der Waals surface area (Å²) in [6.45, 7) is -0.0234. The Balaban J connectivity index is 1.60. The van der Waals surface area contributed by atoms with E-state index in [1.165, 1.54) is 36.4 Å². The lowest BCUT2D eigenvalue weighted by Crippen LogP contribution is -2.37. The lowest BCUT2D eigenvalue weighted by molar-refractivity contribution is -0.122. The van der Waals surface area contributed by atoms with E-state index in [2.05, 4.69) is 5.32 Å². The summed E-state index contributed by atoms with van der Waals surface area (Å²) in [6.07, 6.45) is 1.50. The molecular weight excluding hydrogens is 410 g/mol. The molecule has 1 aliphatic rings. The van der Waals surface area contributed by atoms with Crippen LogP contribution in [0.15, 0.2) is 47.4 Å². The molecule has 3 amide bonds. The van der Waals surface area contributed by atoms with Crippen LogP contribution in [0.2, 0.25) is 5.02 Å². The van der Waals surface area contributed by atoms with Gasteiger partial charge in [0.2, 0.25) is 0 Å². The van der Waals surface area contributed by atoms with Crippen LogP contribution in [0.4, 0.5) is 13.6 Å². The van der Waals surface area contributed by atoms with Crippen LogP contribution in [0, 0.1) is 11.6 Å². The Labute approximate surface area is 168 Å². The first-order valence-corrected chi connectivity index (χ1v) is 9.29. The molecule has 1 aliphatic heterocycles. The van der Waals surface area contributed by atoms with Gasteiger partial charge in [-0.2, -0.15) is 0 Å². The number of amides is 3. The van der Waals surface area contributed by atoms with Crippen molar-refractivity contribution in [2.45, 2.75) is 0 Å². The number of hydrogen-bond acceptors (Lipinski definition) is 4. The second-order valence-electron chi connectivity index (χ2n) is 5.76. The minimum absolute atomic E-state index is 0.00834. The highest BCUT2D eigenvalue weighted by Gasteiger charge is 2.34. The second kappa shape index (κ2) is 8.53. The minimum Gasteiger partial charge on any atom is -0.350 e. The van der Waals surface area contributed by atoms with Gasteiger partial charge in [0.05, 0.1) is 15.5 Å². The largest absolute Gasteiger partial charge is 0.350 e. The molecule has 0 unspecified atom stereocenters. The number of nitrogens with one attached hydrogen (secondary N) is 1. The van der Waals surface area contributed by atoms with E-state index < -0.39 is 28.7 Å². The molecule has 0 spiro atoms. The van der Waals surface area contributed by atoms with Crippen LogP contribution in [0.1, 0.15) is 15.9 Å². The summed E-state index contributed by atoms with van der Waals surface area (Å²) in [5.41, 5.74) is 0.680. The fourth-order valence-electron chi connectivity index (χ4n) is 2.45. The van der Waals surface area contributed by atoms with Crippen LogP contribution in [0.3, 0.4) is 0 Å². The molecule has 0 saturated carbocycles. The standard InChI is InChI=1S/C19H13ClF2N2O3S/c20-15-10-13(22)5-6-14(15)17(25)23-7-8-24-18(26)16(28-19(24)27)9-11-1-3-12(21)4-2-11/h1-6,9-10H,7-8H2,(H,23,25)/b16-9-. The van der Waals surface area contributed by atoms with Gasteiger partial charge in [0.15, 0.2) is 0 Å². The molecule has 0 atom stereocenters. The molecule has 144 valence electrons. The van der Waals surface area contributed by atoms with Crippen molar-refractivity contribution in [1.82, 2.24) is 10.2 Å². The van der Waals surface area contributed by atoms with Gasteiger partial charge in [0.1, 0.15) is 11.6 Å². The van der Waals surface area contributed by atoms with Crippen LogP contribution in [-0.2, 0) is 4.79 Å². The quantitative estimate of drug-likeness (QED) is 0.737. The molecule has 0 aromatic heterocycles. The smallest absolute Gasteiger partial charge is 0.293 e. The van der Waals surface area contributed by atoms with Gasteiger partial charge < -0.3 is 5.32 Å². The van der Waals surface area contributed by atoms with Gasteiger partial charge in [-0.05, 0) is 53.7 Å². The monoisotopic (exact) mass is 422 g/mol. The number of hydrogen-bond donors (Lipinski definition) is 1. The molecule has 3 rings (SSSR count). The molecular formula is C19H13ClF2N2O3S. The number of carbonyl (C=O) groups excluding carboxylic acids is 3. The molecule has 1 heterocycles. The normalized spacial score (nSPS) is 15.4. The highest BCUT2D eigenvalue weighted by atomic mass is 35.5. The number of halogens is 3. The van der Waals surface area contributed by atoms with Crippen LogP contribution in [-0.4, -0.2) is 35.0 Å². The number of benzene rings is 2. The molecule has 0 aliphatic carbocycles. The van der Waals surface area contributed by atoms with Crippen molar-refractivity contribution in [2.75, 3.05) is 13.1 Å². The van der Waals surface area contributed by atoms with Crippen molar-refractivity contribution in [3.8, 4) is 0 Å². The zero-order valence-corrected chi connectivity index (χ0v) is 15.8. The second-order valence-corrected chi connectivity index (χ2v) is 7.17. The van der Waals surface area contributed by atoms with Crippen molar-refractivity contribution in [1.29, 1.82) is 0 Å². The maximum Gasteiger partial charge on any atom is 0.293 e. The Morgan fingerprint density at radius 2 is 1.79 bits per heavy atom. The average Bonchev–Trinajstić information content (AvgIpc) is 2.91. The summed E-state index contributed by atoms with van der Waals surface area (Å²) in [5, 5.41) is 2.03. The summed E-state index contributed by atoms with van der Waals surface area (Å²) < 4.78 is 26.0. The number of carbonyl (C=O) groups is 3. The number of imide groups is 1. The van der Waals surface area contributed by atoms with Gasteiger partial charge in [-0.25, -0.2) is 8.78 Å². The van der Waals surface area contributed by atoms with Gasteiger partial charge in [-0.15, -0.1) is 0 Å². The van der Waals surface area contributed by atoms with Crippen molar-refractivity contribution in [2.24, 2.45) is 0 Å². The van der Waals surface area contributed by atoms with Crippen molar-refractivity contribution < 1.29 is 23.2 Å². The third-order valence-corrected chi connectivity index (χ3v) is 5.06. The van der Waals surface area contributed by atoms with Crippen LogP contribution >= 0.6 is 23.4 Å². The van der Waals surface area contributed by atoms with Crippen molar-refractivity contribution in [3.05, 3.63) is 75.2 Å². The Bertz CT molecular complexity index is 980. The Hall–Kier alpha value is -2.71. The Morgan fingerprint density at radius 3 is 2.46 bits per heavy atom. The predicted octanol–water partition coefficient (Wildman–Crippen LogP) is 4.08. The van der Waals surface area contributed by atoms with E-state index in [0.29, 0.717) is 5.56 Å². The highest BCUT2D eigenvalue weighted by Crippen LogP contribution is 2.31. The zero-order chi connectivity index (χ0) is 20.3. The SMILES string of the molecule is O=C(NCCN1C(=O)S/C(=C\c2ccc(F)cc2)C1=O)c1ccc(F)cc1Cl. The summed E-state index contributed by atoms with van der Waals surface area (Å²) >= 11 is 6.60. The fourth-order valence-corrected chi connectivity index (χ4v) is 3.57. The average molecular weight is 423 g/mol. The summed E-state index contributed by atoms with van der Waals surface area (Å²) in [7, 11) is 0. The van der Waals surface area contributed by atoms with Gasteiger partial charge >= 0.3 is 0 Å². The Morgan fingerprint density at radius 1 is 1.11 bits per heavy atom. The van der Waals surface area contributed by atoms with E-state index in [1.54, 1.807) is 0 Å². The Kier molecular flexibility index (Phi) is 6.11. The minimum atomic E-state index is -0.563. The van der Waals surface area contributed by atoms with Crippen LogP contribution in [0.5, 0.6) is 0 Å². The molecule has 1 N–H and O–H groups in total. The molecule has 5 nitrogen and oxygen atoms in total. The third-order valence-electron chi connectivity index (χ3n) is 3.84. The van der Waals surface area contributed by atoms with E-state index >= 15 is 0 Å². The van der Waals surface area contributed by atoms with Crippen molar-refractivity contribution >= 4 is 46.5 Å². The van der Waals surface area contributed by atoms with E-state index in [0.717, 1.165) is 28.8 Å². The maximum absolute atomic E-state index is 13.0. The first kappa shape index (κ1) is 20.0. The number of nitrogens with zero attached hydrogens (tertiary/aromatic N) is 1. The van der Waals surface area contributed by atoms with E-state index in [1.807, 2.05) is 0 Å². The molecule has 0 bridgehead atoms. The topological polar surface area (TPSA) is 66.5 Å². The molecule has 1 fully saturated rings. The van der Waals surface area contributed by atoms with E-state index in [-0.39, 0.29) is 28.6 Å². The first-order chi connectivity index (χ1) is 13.3. The summed E-state index contributed by atoms with van der Waals surface area (Å²) in [4.78, 5) is 37.8. The lowest BCUT2D eigenvalue weighted by atomic mass is 10.2. The zero-order valence-electron chi connectivity index (χ0n) is 14.2. The number of rotatable bonds is 5. The third kappa shape index (κ3) is 4.58. The molecule has 2 aromatic rings. The molecule has 0 radical (unpaired) electrons. The van der Waals surface area contributed by atoms with Crippen molar-refractivity contribution in [3.63, 3.8) is 0 Å². The highest BCUT2D eigenvalue weighted by molar-refractivity contribution is 8.18. The van der Waals surface area contributed by atoms with Crippen LogP contribution in [0.25, 0.3) is 6.08 Å². The van der Waals surface area contributed by atoms with Crippen LogP contribution < -0.4 is 5.32 Å². The first-order valence-electron chi connectivity index (χ1n) is 8.09. The summed E-state index contributed by atoms with van der Waals surface area (Å²) in [6, 6.07) is 8.88. The lowest BCUT2D eigenvalue weighted by Gasteiger charge is -2.13. The van der Waals surface area contributed by atoms with E-state index in [4.69, 9.17) is 11.6 Å². The predicted molar refractivity (Wildman–Crippen MR) is 103 cm³/mol. The number of thioether (sulfide) groups is 1. The summed E-state index contributed by atoms with van der Waals surface area (Å²) in [5.74, 6) is -2.00. The van der Waals surface area contributed by atoms with Gasteiger partial charge in [-0.1, -0.05) is 23.7 Å². The maximum atomic E-state index is 13.0. The molecule has 28 heavy (non-hydrogen) atoms. The fraction of sp³-hybridized carbons (Fsp3) is 0.105. The van der Waals surface area contributed by atoms with Gasteiger partial charge in [0, 0.05) is 13.1 Å². The molecule has 9 heteroatoms.